The number of nitrogens with one attached hydrogen (secondary N) is 1. The van der Waals surface area contributed by atoms with Crippen molar-refractivity contribution in [3.05, 3.63) is 63.7 Å². The van der Waals surface area contributed by atoms with Crippen molar-refractivity contribution in [3.8, 4) is 6.07 Å². The Morgan fingerprint density at radius 3 is 2.76 bits per heavy atom. The maximum absolute atomic E-state index is 12.6. The minimum absolute atomic E-state index is 0.0290. The van der Waals surface area contributed by atoms with E-state index in [0.29, 0.717) is 24.6 Å². The first kappa shape index (κ1) is 20.3. The summed E-state index contributed by atoms with van der Waals surface area (Å²) in [5, 5.41) is 23.0. The quantitative estimate of drug-likeness (QED) is 0.435. The highest BCUT2D eigenvalue weighted by Crippen LogP contribution is 2.42. The van der Waals surface area contributed by atoms with E-state index in [1.165, 1.54) is 6.07 Å². The van der Waals surface area contributed by atoms with Crippen LogP contribution in [0.2, 0.25) is 0 Å². The molecular weight excluding hydrogens is 368 g/mol. The molecule has 1 heterocycles. The maximum atomic E-state index is 12.6. The summed E-state index contributed by atoms with van der Waals surface area (Å²) in [4.78, 5) is 25.8. The highest BCUT2D eigenvalue weighted by molar-refractivity contribution is 5.85. The normalized spacial score (nSPS) is 13.7. The molecule has 0 aromatic heterocycles. The highest BCUT2D eigenvalue weighted by atomic mass is 16.6. The predicted octanol–water partition coefficient (Wildman–Crippen LogP) is 4.06. The summed E-state index contributed by atoms with van der Waals surface area (Å²) in [5.74, 6) is -0.258. The number of nitro groups is 1. The van der Waals surface area contributed by atoms with E-state index >= 15 is 0 Å². The SMILES string of the molecule is CC(C)CC(C(=O)NCC#N)c1cccc(N2CCc3cccc([N+](=O)[O-])c32)c1. The number of nitro benzene ring substituents is 1. The van der Waals surface area contributed by atoms with Gasteiger partial charge in [0, 0.05) is 18.3 Å². The number of fused-ring (bicyclic) bond motifs is 1. The minimum Gasteiger partial charge on any atom is -0.342 e. The first-order valence-corrected chi connectivity index (χ1v) is 9.70. The van der Waals surface area contributed by atoms with Crippen LogP contribution in [0.1, 0.15) is 37.3 Å². The van der Waals surface area contributed by atoms with E-state index in [-0.39, 0.29) is 29.0 Å². The van der Waals surface area contributed by atoms with Gasteiger partial charge in [0.05, 0.1) is 16.9 Å². The van der Waals surface area contributed by atoms with Gasteiger partial charge in [-0.2, -0.15) is 5.26 Å². The Morgan fingerprint density at radius 2 is 2.07 bits per heavy atom. The lowest BCUT2D eigenvalue weighted by atomic mass is 9.89. The lowest BCUT2D eigenvalue weighted by molar-refractivity contribution is -0.384. The van der Waals surface area contributed by atoms with Crippen LogP contribution >= 0.6 is 0 Å². The van der Waals surface area contributed by atoms with E-state index in [2.05, 4.69) is 19.2 Å². The van der Waals surface area contributed by atoms with Gasteiger partial charge in [0.25, 0.3) is 5.69 Å². The zero-order valence-corrected chi connectivity index (χ0v) is 16.6. The average Bonchev–Trinajstić information content (AvgIpc) is 3.14. The third kappa shape index (κ3) is 4.37. The van der Waals surface area contributed by atoms with E-state index in [4.69, 9.17) is 5.26 Å². The molecule has 0 saturated carbocycles. The van der Waals surface area contributed by atoms with Gasteiger partial charge in [0.2, 0.25) is 5.91 Å². The van der Waals surface area contributed by atoms with Crippen LogP contribution in [0.4, 0.5) is 17.1 Å². The monoisotopic (exact) mass is 392 g/mol. The van der Waals surface area contributed by atoms with Crippen LogP contribution in [0.15, 0.2) is 42.5 Å². The van der Waals surface area contributed by atoms with E-state index in [1.807, 2.05) is 41.3 Å². The molecule has 0 spiro atoms. The molecule has 7 heteroatoms. The number of carbonyl (C=O) groups is 1. The standard InChI is InChI=1S/C22H24N4O3/c1-15(2)13-19(22(27)24-11-10-23)17-6-3-7-18(14-17)25-12-9-16-5-4-8-20(21(16)25)26(28)29/h3-8,14-15,19H,9,11-13H2,1-2H3,(H,24,27). The summed E-state index contributed by atoms with van der Waals surface area (Å²) in [6.45, 7) is 4.72. The van der Waals surface area contributed by atoms with Crippen LogP contribution in [0.3, 0.4) is 0 Å². The molecule has 3 rings (SSSR count). The molecule has 0 radical (unpaired) electrons. The number of amides is 1. The Kier molecular flexibility index (Phi) is 6.13. The molecule has 1 N–H and O–H groups in total. The molecule has 0 fully saturated rings. The van der Waals surface area contributed by atoms with E-state index in [1.54, 1.807) is 6.07 Å². The van der Waals surface area contributed by atoms with Crippen molar-refractivity contribution in [2.75, 3.05) is 18.0 Å². The van der Waals surface area contributed by atoms with Crippen molar-refractivity contribution in [1.82, 2.24) is 5.32 Å². The molecule has 1 aliphatic rings. The number of anilines is 2. The van der Waals surface area contributed by atoms with E-state index in [9.17, 15) is 14.9 Å². The van der Waals surface area contributed by atoms with Gasteiger partial charge < -0.3 is 10.2 Å². The van der Waals surface area contributed by atoms with Gasteiger partial charge in [0.15, 0.2) is 0 Å². The summed E-state index contributed by atoms with van der Waals surface area (Å²) in [7, 11) is 0. The van der Waals surface area contributed by atoms with Crippen molar-refractivity contribution in [1.29, 1.82) is 5.26 Å². The van der Waals surface area contributed by atoms with Gasteiger partial charge in [-0.15, -0.1) is 0 Å². The molecule has 7 nitrogen and oxygen atoms in total. The van der Waals surface area contributed by atoms with E-state index in [0.717, 1.165) is 23.2 Å². The lowest BCUT2D eigenvalue weighted by Crippen LogP contribution is -2.30. The third-order valence-corrected chi connectivity index (χ3v) is 5.12. The summed E-state index contributed by atoms with van der Waals surface area (Å²) in [6.07, 6.45) is 1.39. The molecule has 150 valence electrons. The van der Waals surface area contributed by atoms with Gasteiger partial charge in [-0.3, -0.25) is 14.9 Å². The van der Waals surface area contributed by atoms with Crippen LogP contribution in [0.5, 0.6) is 0 Å². The number of benzene rings is 2. The first-order chi connectivity index (χ1) is 13.9. The van der Waals surface area contributed by atoms with Crippen molar-refractivity contribution in [3.63, 3.8) is 0 Å². The number of hydrogen-bond donors (Lipinski definition) is 1. The van der Waals surface area contributed by atoms with Crippen LogP contribution < -0.4 is 10.2 Å². The molecule has 2 aromatic rings. The number of para-hydroxylation sites is 1. The number of nitriles is 1. The fraction of sp³-hybridized carbons (Fsp3) is 0.364. The van der Waals surface area contributed by atoms with Gasteiger partial charge >= 0.3 is 0 Å². The first-order valence-electron chi connectivity index (χ1n) is 9.70. The second-order valence-electron chi connectivity index (χ2n) is 7.60. The van der Waals surface area contributed by atoms with Gasteiger partial charge in [0.1, 0.15) is 12.2 Å². The fourth-order valence-electron chi connectivity index (χ4n) is 3.87. The zero-order chi connectivity index (χ0) is 21.0. The topological polar surface area (TPSA) is 99.3 Å². The van der Waals surface area contributed by atoms with Crippen molar-refractivity contribution < 1.29 is 9.72 Å². The molecule has 0 saturated heterocycles. The maximum Gasteiger partial charge on any atom is 0.293 e. The summed E-state index contributed by atoms with van der Waals surface area (Å²) in [5.41, 5.74) is 3.35. The number of carbonyl (C=O) groups excluding carboxylic acids is 1. The van der Waals surface area contributed by atoms with Crippen LogP contribution in [0, 0.1) is 27.4 Å². The van der Waals surface area contributed by atoms with Crippen molar-refractivity contribution >= 4 is 23.0 Å². The Morgan fingerprint density at radius 1 is 1.31 bits per heavy atom. The minimum atomic E-state index is -0.379. The third-order valence-electron chi connectivity index (χ3n) is 5.12. The van der Waals surface area contributed by atoms with Crippen molar-refractivity contribution in [2.45, 2.75) is 32.6 Å². The van der Waals surface area contributed by atoms with Crippen molar-refractivity contribution in [2.24, 2.45) is 5.92 Å². The second-order valence-corrected chi connectivity index (χ2v) is 7.60. The van der Waals surface area contributed by atoms with Crippen LogP contribution in [-0.2, 0) is 11.2 Å². The Balaban J connectivity index is 1.97. The zero-order valence-electron chi connectivity index (χ0n) is 16.6. The number of nitrogens with zero attached hydrogens (tertiary/aromatic N) is 3. The Bertz CT molecular complexity index is 965. The molecule has 2 aromatic carbocycles. The predicted molar refractivity (Wildman–Crippen MR) is 111 cm³/mol. The molecule has 1 unspecified atom stereocenters. The molecule has 0 bridgehead atoms. The Hall–Kier alpha value is -3.40. The largest absolute Gasteiger partial charge is 0.342 e. The summed E-state index contributed by atoms with van der Waals surface area (Å²) >= 11 is 0. The molecule has 1 amide bonds. The molecule has 0 aliphatic carbocycles. The van der Waals surface area contributed by atoms with Gasteiger partial charge in [-0.05, 0) is 42.0 Å². The lowest BCUT2D eigenvalue weighted by Gasteiger charge is -2.23. The highest BCUT2D eigenvalue weighted by Gasteiger charge is 2.30. The molecule has 1 atom stereocenters. The molecule has 1 aliphatic heterocycles. The molecular formula is C22H24N4O3. The smallest absolute Gasteiger partial charge is 0.293 e. The molecule has 29 heavy (non-hydrogen) atoms. The number of hydrogen-bond acceptors (Lipinski definition) is 5. The fourth-order valence-corrected chi connectivity index (χ4v) is 3.87. The second kappa shape index (κ2) is 8.74. The summed E-state index contributed by atoms with van der Waals surface area (Å²) in [6, 6.07) is 14.7. The van der Waals surface area contributed by atoms with Crippen LogP contribution in [0.25, 0.3) is 0 Å². The van der Waals surface area contributed by atoms with Gasteiger partial charge in [-0.1, -0.05) is 38.1 Å². The summed E-state index contributed by atoms with van der Waals surface area (Å²) < 4.78 is 0. The van der Waals surface area contributed by atoms with Gasteiger partial charge in [-0.25, -0.2) is 0 Å². The average molecular weight is 392 g/mol. The Labute approximate surface area is 170 Å². The van der Waals surface area contributed by atoms with E-state index < -0.39 is 0 Å². The number of rotatable bonds is 7. The van der Waals surface area contributed by atoms with Crippen LogP contribution in [-0.4, -0.2) is 23.9 Å².